The van der Waals surface area contributed by atoms with Crippen LogP contribution in [0.3, 0.4) is 0 Å². The lowest BCUT2D eigenvalue weighted by Crippen LogP contribution is -2.57. The van der Waals surface area contributed by atoms with Crippen molar-refractivity contribution in [1.82, 2.24) is 5.32 Å². The fourth-order valence-corrected chi connectivity index (χ4v) is 3.11. The predicted molar refractivity (Wildman–Crippen MR) is 65.5 cm³/mol. The zero-order valence-electron chi connectivity index (χ0n) is 9.75. The first kappa shape index (κ1) is 12.2. The Morgan fingerprint density at radius 2 is 2.25 bits per heavy atom. The van der Waals surface area contributed by atoms with Gasteiger partial charge in [0.05, 0.1) is 6.61 Å². The van der Waals surface area contributed by atoms with E-state index in [1.807, 2.05) is 11.8 Å². The molecule has 0 bridgehead atoms. The number of amides is 1. The molecule has 4 nitrogen and oxygen atoms in total. The molecule has 1 aliphatic heterocycles. The Morgan fingerprint density at radius 3 is 2.69 bits per heavy atom. The number of rotatable bonds is 4. The Bertz CT molecular complexity index is 268. The van der Waals surface area contributed by atoms with Crippen LogP contribution >= 0.6 is 11.8 Å². The molecule has 1 amide bonds. The number of carbonyl (C=O) groups excluding carboxylic acids is 1. The van der Waals surface area contributed by atoms with E-state index in [1.165, 1.54) is 19.3 Å². The number of nitrogens with one attached hydrogen (secondary N) is 1. The summed E-state index contributed by atoms with van der Waals surface area (Å²) >= 11 is 1.86. The maximum Gasteiger partial charge on any atom is 0.242 e. The third-order valence-electron chi connectivity index (χ3n) is 3.77. The van der Waals surface area contributed by atoms with Crippen LogP contribution < -0.4 is 11.1 Å². The van der Waals surface area contributed by atoms with E-state index >= 15 is 0 Å². The van der Waals surface area contributed by atoms with Crippen LogP contribution in [0.4, 0.5) is 0 Å². The van der Waals surface area contributed by atoms with E-state index in [9.17, 15) is 4.79 Å². The van der Waals surface area contributed by atoms with Crippen molar-refractivity contribution in [1.29, 1.82) is 0 Å². The molecule has 1 atom stereocenters. The topological polar surface area (TPSA) is 64.4 Å². The van der Waals surface area contributed by atoms with Gasteiger partial charge < -0.3 is 15.8 Å². The average molecular weight is 244 g/mol. The molecule has 0 radical (unpaired) electrons. The molecule has 1 saturated heterocycles. The van der Waals surface area contributed by atoms with E-state index in [4.69, 9.17) is 10.5 Å². The van der Waals surface area contributed by atoms with Crippen molar-refractivity contribution >= 4 is 17.7 Å². The summed E-state index contributed by atoms with van der Waals surface area (Å²) in [6.07, 6.45) is 6.41. The van der Waals surface area contributed by atoms with Crippen LogP contribution in [0.2, 0.25) is 0 Å². The second-order valence-electron chi connectivity index (χ2n) is 4.88. The summed E-state index contributed by atoms with van der Waals surface area (Å²) in [6.45, 7) is 1.69. The highest BCUT2D eigenvalue weighted by Gasteiger charge is 2.41. The molecule has 2 rings (SSSR count). The molecule has 0 aromatic heterocycles. The predicted octanol–water partition coefficient (Wildman–Crippen LogP) is 0.506. The minimum Gasteiger partial charge on any atom is -0.379 e. The van der Waals surface area contributed by atoms with Crippen LogP contribution in [0.5, 0.6) is 0 Å². The van der Waals surface area contributed by atoms with E-state index in [-0.39, 0.29) is 10.7 Å². The third-order valence-corrected chi connectivity index (χ3v) is 5.19. The highest BCUT2D eigenvalue weighted by Crippen LogP contribution is 2.42. The van der Waals surface area contributed by atoms with Gasteiger partial charge >= 0.3 is 0 Å². The molecule has 0 aromatic rings. The molecule has 0 aromatic carbocycles. The van der Waals surface area contributed by atoms with E-state index in [2.05, 4.69) is 11.6 Å². The minimum atomic E-state index is -0.788. The van der Waals surface area contributed by atoms with Crippen LogP contribution in [-0.2, 0) is 9.53 Å². The summed E-state index contributed by atoms with van der Waals surface area (Å²) in [4.78, 5) is 11.9. The fourth-order valence-electron chi connectivity index (χ4n) is 2.20. The Morgan fingerprint density at radius 1 is 1.50 bits per heavy atom. The highest BCUT2D eigenvalue weighted by molar-refractivity contribution is 8.00. The second kappa shape index (κ2) is 4.55. The Balaban J connectivity index is 1.83. The smallest absolute Gasteiger partial charge is 0.242 e. The molecule has 1 unspecified atom stereocenters. The zero-order valence-corrected chi connectivity index (χ0v) is 10.6. The molecule has 2 aliphatic rings. The summed E-state index contributed by atoms with van der Waals surface area (Å²) in [5, 5.41) is 2.99. The molecule has 2 fully saturated rings. The molecule has 16 heavy (non-hydrogen) atoms. The van der Waals surface area contributed by atoms with E-state index in [0.29, 0.717) is 19.6 Å². The van der Waals surface area contributed by atoms with Crippen molar-refractivity contribution in [3.63, 3.8) is 0 Å². The molecular weight excluding hydrogens is 224 g/mol. The van der Waals surface area contributed by atoms with Gasteiger partial charge in [0.15, 0.2) is 0 Å². The quantitative estimate of drug-likeness (QED) is 0.756. The minimum absolute atomic E-state index is 0.0506. The summed E-state index contributed by atoms with van der Waals surface area (Å²) in [5.41, 5.74) is 5.20. The lowest BCUT2D eigenvalue weighted by atomic mass is 9.84. The van der Waals surface area contributed by atoms with E-state index in [0.717, 1.165) is 6.54 Å². The average Bonchev–Trinajstić information content (AvgIpc) is 2.65. The van der Waals surface area contributed by atoms with Gasteiger partial charge in [0.25, 0.3) is 0 Å². The maximum absolute atomic E-state index is 11.9. The normalized spacial score (nSPS) is 32.1. The summed E-state index contributed by atoms with van der Waals surface area (Å²) in [6, 6.07) is 0. The number of ether oxygens (including phenoxy) is 1. The van der Waals surface area contributed by atoms with E-state index in [1.54, 1.807) is 0 Å². The molecule has 1 aliphatic carbocycles. The molecule has 1 saturated carbocycles. The largest absolute Gasteiger partial charge is 0.379 e. The van der Waals surface area contributed by atoms with Gasteiger partial charge in [0.2, 0.25) is 5.91 Å². The molecule has 1 heterocycles. The van der Waals surface area contributed by atoms with Gasteiger partial charge in [-0.1, -0.05) is 6.42 Å². The monoisotopic (exact) mass is 244 g/mol. The van der Waals surface area contributed by atoms with Crippen LogP contribution in [0.1, 0.15) is 25.7 Å². The van der Waals surface area contributed by atoms with Gasteiger partial charge in [-0.3, -0.25) is 4.79 Å². The van der Waals surface area contributed by atoms with E-state index < -0.39 is 5.54 Å². The van der Waals surface area contributed by atoms with Crippen molar-refractivity contribution < 1.29 is 9.53 Å². The van der Waals surface area contributed by atoms with Gasteiger partial charge in [-0.2, -0.15) is 11.8 Å². The summed E-state index contributed by atoms with van der Waals surface area (Å²) in [5.74, 6) is -0.0506. The second-order valence-corrected chi connectivity index (χ2v) is 6.16. The van der Waals surface area contributed by atoms with Gasteiger partial charge in [-0.15, -0.1) is 0 Å². The number of carbonyl (C=O) groups is 1. The number of hydrogen-bond donors (Lipinski definition) is 2. The maximum atomic E-state index is 11.9. The molecular formula is C11H20N2O2S. The van der Waals surface area contributed by atoms with Crippen molar-refractivity contribution in [3.8, 4) is 0 Å². The number of hydrogen-bond acceptors (Lipinski definition) is 4. The van der Waals surface area contributed by atoms with Gasteiger partial charge in [0, 0.05) is 17.9 Å². The molecule has 92 valence electrons. The first-order chi connectivity index (χ1) is 7.60. The standard InChI is InChI=1S/C11H20N2O2S/c1-16-10(3-2-4-10)7-13-9(14)11(12)5-6-15-8-11/h2-8,12H2,1H3,(H,13,14). The van der Waals surface area contributed by atoms with Gasteiger partial charge in [0.1, 0.15) is 5.54 Å². The Kier molecular flexibility index (Phi) is 3.47. The Labute approximate surface area is 101 Å². The first-order valence-corrected chi connectivity index (χ1v) is 7.03. The fraction of sp³-hybridized carbons (Fsp3) is 0.909. The number of nitrogens with two attached hydrogens (primary N) is 1. The molecule has 5 heteroatoms. The van der Waals surface area contributed by atoms with Crippen LogP contribution in [0.25, 0.3) is 0 Å². The van der Waals surface area contributed by atoms with Crippen LogP contribution in [-0.4, -0.2) is 42.2 Å². The van der Waals surface area contributed by atoms with Crippen molar-refractivity contribution in [2.45, 2.75) is 36.0 Å². The Hall–Kier alpha value is -0.260. The van der Waals surface area contributed by atoms with Crippen LogP contribution in [0, 0.1) is 0 Å². The summed E-state index contributed by atoms with van der Waals surface area (Å²) < 4.78 is 5.46. The number of thioether (sulfide) groups is 1. The van der Waals surface area contributed by atoms with Crippen LogP contribution in [0.15, 0.2) is 0 Å². The van der Waals surface area contributed by atoms with Crippen molar-refractivity contribution in [3.05, 3.63) is 0 Å². The lowest BCUT2D eigenvalue weighted by molar-refractivity contribution is -0.126. The zero-order chi connectivity index (χ0) is 11.6. The van der Waals surface area contributed by atoms with Gasteiger partial charge in [-0.25, -0.2) is 0 Å². The molecule has 3 N–H and O–H groups in total. The SMILES string of the molecule is CSC1(CNC(=O)C2(N)CCOC2)CCC1. The lowest BCUT2D eigenvalue weighted by Gasteiger charge is -2.41. The van der Waals surface area contributed by atoms with Gasteiger partial charge in [-0.05, 0) is 25.5 Å². The van der Waals surface area contributed by atoms with Crippen molar-refractivity contribution in [2.24, 2.45) is 5.73 Å². The summed E-state index contributed by atoms with van der Waals surface area (Å²) in [7, 11) is 0. The molecule has 0 spiro atoms. The highest BCUT2D eigenvalue weighted by atomic mass is 32.2. The first-order valence-electron chi connectivity index (χ1n) is 5.80. The van der Waals surface area contributed by atoms with Crippen molar-refractivity contribution in [2.75, 3.05) is 26.0 Å². The third kappa shape index (κ3) is 2.21.